The summed E-state index contributed by atoms with van der Waals surface area (Å²) in [5.74, 6) is 0.741. The molecule has 3 fully saturated rings. The van der Waals surface area contributed by atoms with Gasteiger partial charge < -0.3 is 10.2 Å². The summed E-state index contributed by atoms with van der Waals surface area (Å²) in [6, 6.07) is 7.93. The van der Waals surface area contributed by atoms with Crippen molar-refractivity contribution in [1.29, 1.82) is 0 Å². The van der Waals surface area contributed by atoms with E-state index in [2.05, 4.69) is 27.2 Å². The van der Waals surface area contributed by atoms with Crippen LogP contribution in [-0.2, 0) is 9.59 Å². The minimum atomic E-state index is -0.0774. The van der Waals surface area contributed by atoms with E-state index in [0.29, 0.717) is 24.9 Å². The summed E-state index contributed by atoms with van der Waals surface area (Å²) in [6.07, 6.45) is 5.59. The van der Waals surface area contributed by atoms with Crippen molar-refractivity contribution in [2.24, 2.45) is 5.92 Å². The summed E-state index contributed by atoms with van der Waals surface area (Å²) in [7, 11) is 0. The molecule has 1 aromatic rings. The summed E-state index contributed by atoms with van der Waals surface area (Å²) in [6.45, 7) is 7.87. The quantitative estimate of drug-likeness (QED) is 0.789. The molecule has 3 heterocycles. The Kier molecular flexibility index (Phi) is 6.27. The number of hydrogen-bond donors (Lipinski definition) is 1. The summed E-state index contributed by atoms with van der Waals surface area (Å²) >= 11 is 0. The highest BCUT2D eigenvalue weighted by atomic mass is 16.2. The molecule has 28 heavy (non-hydrogen) atoms. The molecule has 0 aromatic heterocycles. The Labute approximate surface area is 167 Å². The van der Waals surface area contributed by atoms with Crippen LogP contribution in [-0.4, -0.2) is 62.5 Å². The largest absolute Gasteiger partial charge is 0.369 e. The normalized spacial score (nSPS) is 22.7. The van der Waals surface area contributed by atoms with Gasteiger partial charge in [0.25, 0.3) is 0 Å². The smallest absolute Gasteiger partial charge is 0.233 e. The Balaban J connectivity index is 1.27. The van der Waals surface area contributed by atoms with E-state index >= 15 is 0 Å². The molecule has 4 rings (SSSR count). The molecule has 6 heteroatoms. The third kappa shape index (κ3) is 4.55. The van der Waals surface area contributed by atoms with Crippen molar-refractivity contribution in [2.75, 3.05) is 55.6 Å². The molecule has 2 amide bonds. The number of nitrogens with zero attached hydrogens (tertiary/aromatic N) is 3. The number of carbonyl (C=O) groups is 2. The molecule has 0 atom stereocenters. The Bertz CT molecular complexity index is 660. The third-order valence-corrected chi connectivity index (χ3v) is 6.44. The fourth-order valence-electron chi connectivity index (χ4n) is 4.62. The topological polar surface area (TPSA) is 55.9 Å². The lowest BCUT2D eigenvalue weighted by Crippen LogP contribution is -2.47. The number of piperazine rings is 1. The molecule has 0 saturated carbocycles. The van der Waals surface area contributed by atoms with Gasteiger partial charge in [-0.2, -0.15) is 0 Å². The van der Waals surface area contributed by atoms with Crippen LogP contribution in [0.15, 0.2) is 24.3 Å². The van der Waals surface area contributed by atoms with Crippen LogP contribution >= 0.6 is 0 Å². The maximum atomic E-state index is 12.1. The molecule has 1 aromatic carbocycles. The Morgan fingerprint density at radius 3 is 2.11 bits per heavy atom. The van der Waals surface area contributed by atoms with E-state index in [-0.39, 0.29) is 11.8 Å². The van der Waals surface area contributed by atoms with Gasteiger partial charge >= 0.3 is 0 Å². The second kappa shape index (κ2) is 9.05. The van der Waals surface area contributed by atoms with Gasteiger partial charge in [0.2, 0.25) is 11.8 Å². The molecule has 3 saturated heterocycles. The highest BCUT2D eigenvalue weighted by molar-refractivity contribution is 6.16. The maximum Gasteiger partial charge on any atom is 0.233 e. The Hall–Kier alpha value is -1.92. The summed E-state index contributed by atoms with van der Waals surface area (Å²) in [5.41, 5.74) is 1.89. The molecular weight excluding hydrogens is 352 g/mol. The third-order valence-electron chi connectivity index (χ3n) is 6.44. The van der Waals surface area contributed by atoms with Gasteiger partial charge in [-0.3, -0.25) is 19.4 Å². The SMILES string of the molecule is O=C1CCCC(=O)N1c1ccc(N2CCN(CCC3CCNCC3)CC2)cc1. The molecule has 0 unspecified atom stereocenters. The highest BCUT2D eigenvalue weighted by Gasteiger charge is 2.27. The molecule has 1 N–H and O–H groups in total. The minimum Gasteiger partial charge on any atom is -0.369 e. The van der Waals surface area contributed by atoms with Crippen LogP contribution in [0.2, 0.25) is 0 Å². The zero-order chi connectivity index (χ0) is 19.3. The number of imide groups is 1. The first-order valence-electron chi connectivity index (χ1n) is 10.8. The van der Waals surface area contributed by atoms with Crippen molar-refractivity contribution in [3.8, 4) is 0 Å². The molecule has 3 aliphatic heterocycles. The first kappa shape index (κ1) is 19.4. The lowest BCUT2D eigenvalue weighted by molar-refractivity contribution is -0.129. The van der Waals surface area contributed by atoms with Crippen molar-refractivity contribution in [3.05, 3.63) is 24.3 Å². The summed E-state index contributed by atoms with van der Waals surface area (Å²) in [5, 5.41) is 3.45. The van der Waals surface area contributed by atoms with E-state index in [1.165, 1.54) is 49.5 Å². The number of piperidine rings is 2. The Morgan fingerprint density at radius 1 is 0.857 bits per heavy atom. The number of hydrogen-bond acceptors (Lipinski definition) is 5. The van der Waals surface area contributed by atoms with E-state index in [1.54, 1.807) is 0 Å². The van der Waals surface area contributed by atoms with E-state index in [9.17, 15) is 9.59 Å². The molecule has 3 aliphatic rings. The van der Waals surface area contributed by atoms with Crippen molar-refractivity contribution >= 4 is 23.2 Å². The van der Waals surface area contributed by atoms with Gasteiger partial charge in [0.05, 0.1) is 5.69 Å². The molecule has 6 nitrogen and oxygen atoms in total. The first-order chi connectivity index (χ1) is 13.7. The average molecular weight is 385 g/mol. The van der Waals surface area contributed by atoms with Crippen LogP contribution in [0.5, 0.6) is 0 Å². The molecule has 0 spiro atoms. The van der Waals surface area contributed by atoms with Crippen LogP contribution in [0.1, 0.15) is 38.5 Å². The monoisotopic (exact) mass is 384 g/mol. The molecule has 0 radical (unpaired) electrons. The van der Waals surface area contributed by atoms with Gasteiger partial charge in [0.15, 0.2) is 0 Å². The summed E-state index contributed by atoms with van der Waals surface area (Å²) in [4.78, 5) is 30.5. The van der Waals surface area contributed by atoms with Gasteiger partial charge in [0, 0.05) is 44.7 Å². The van der Waals surface area contributed by atoms with Crippen LogP contribution in [0.4, 0.5) is 11.4 Å². The molecule has 0 bridgehead atoms. The van der Waals surface area contributed by atoms with Gasteiger partial charge in [-0.15, -0.1) is 0 Å². The number of benzene rings is 1. The fraction of sp³-hybridized carbons (Fsp3) is 0.636. The van der Waals surface area contributed by atoms with E-state index in [0.717, 1.165) is 32.1 Å². The van der Waals surface area contributed by atoms with Gasteiger partial charge in [-0.1, -0.05) is 0 Å². The van der Waals surface area contributed by atoms with Crippen LogP contribution in [0.25, 0.3) is 0 Å². The van der Waals surface area contributed by atoms with Gasteiger partial charge in [0.1, 0.15) is 0 Å². The highest BCUT2D eigenvalue weighted by Crippen LogP contribution is 2.26. The predicted molar refractivity (Wildman–Crippen MR) is 112 cm³/mol. The Morgan fingerprint density at radius 2 is 1.46 bits per heavy atom. The van der Waals surface area contributed by atoms with Crippen LogP contribution in [0.3, 0.4) is 0 Å². The number of nitrogens with one attached hydrogen (secondary N) is 1. The molecule has 152 valence electrons. The minimum absolute atomic E-state index is 0.0774. The second-order valence-corrected chi connectivity index (χ2v) is 8.30. The first-order valence-corrected chi connectivity index (χ1v) is 10.8. The van der Waals surface area contributed by atoms with E-state index < -0.39 is 0 Å². The zero-order valence-electron chi connectivity index (χ0n) is 16.7. The van der Waals surface area contributed by atoms with Crippen molar-refractivity contribution in [2.45, 2.75) is 38.5 Å². The van der Waals surface area contributed by atoms with Crippen molar-refractivity contribution in [3.63, 3.8) is 0 Å². The second-order valence-electron chi connectivity index (χ2n) is 8.30. The average Bonchev–Trinajstić information content (AvgIpc) is 2.74. The van der Waals surface area contributed by atoms with Crippen molar-refractivity contribution in [1.82, 2.24) is 10.2 Å². The lowest BCUT2D eigenvalue weighted by Gasteiger charge is -2.37. The molecular formula is C22H32N4O2. The predicted octanol–water partition coefficient (Wildman–Crippen LogP) is 2.24. The number of anilines is 2. The standard InChI is InChI=1S/C22H32N4O2/c27-21-2-1-3-22(28)26(21)20-6-4-19(5-7-20)25-16-14-24(15-17-25)13-10-18-8-11-23-12-9-18/h4-7,18,23H,1-3,8-17H2. The van der Waals surface area contributed by atoms with E-state index in [4.69, 9.17) is 0 Å². The van der Waals surface area contributed by atoms with Gasteiger partial charge in [-0.05, 0) is 75.5 Å². The van der Waals surface area contributed by atoms with Crippen LogP contribution in [0, 0.1) is 5.92 Å². The van der Waals surface area contributed by atoms with E-state index in [1.807, 2.05) is 12.1 Å². The zero-order valence-corrected chi connectivity index (χ0v) is 16.7. The lowest BCUT2D eigenvalue weighted by atomic mass is 9.94. The fourth-order valence-corrected chi connectivity index (χ4v) is 4.62. The number of amides is 2. The maximum absolute atomic E-state index is 12.1. The van der Waals surface area contributed by atoms with Crippen molar-refractivity contribution < 1.29 is 9.59 Å². The number of carbonyl (C=O) groups excluding carboxylic acids is 2. The number of rotatable bonds is 5. The summed E-state index contributed by atoms with van der Waals surface area (Å²) < 4.78 is 0. The van der Waals surface area contributed by atoms with Crippen LogP contribution < -0.4 is 15.1 Å². The van der Waals surface area contributed by atoms with Gasteiger partial charge in [-0.25, -0.2) is 0 Å². The molecule has 0 aliphatic carbocycles.